The number of carbonyl (C=O) groups is 1. The Morgan fingerprint density at radius 1 is 1.12 bits per heavy atom. The van der Waals surface area contributed by atoms with Crippen molar-refractivity contribution in [2.45, 2.75) is 0 Å². The number of H-pyrrole nitrogens is 1. The van der Waals surface area contributed by atoms with Gasteiger partial charge in [-0.2, -0.15) is 5.10 Å². The summed E-state index contributed by atoms with van der Waals surface area (Å²) in [7, 11) is 0. The first kappa shape index (κ1) is 14.4. The smallest absolute Gasteiger partial charge is 0.275 e. The highest BCUT2D eigenvalue weighted by atomic mass is 32.1. The summed E-state index contributed by atoms with van der Waals surface area (Å²) in [6.45, 7) is 0. The average Bonchev–Trinajstić information content (AvgIpc) is 3.36. The van der Waals surface area contributed by atoms with E-state index in [1.54, 1.807) is 18.4 Å². The van der Waals surface area contributed by atoms with Crippen LogP contribution in [0.4, 0.5) is 5.13 Å². The summed E-state index contributed by atoms with van der Waals surface area (Å²) >= 11 is 1.34. The molecule has 6 nitrogen and oxygen atoms in total. The van der Waals surface area contributed by atoms with Crippen LogP contribution in [0.1, 0.15) is 10.5 Å². The Morgan fingerprint density at radius 3 is 2.79 bits per heavy atom. The molecule has 0 atom stereocenters. The van der Waals surface area contributed by atoms with Crippen molar-refractivity contribution >= 4 is 22.4 Å². The van der Waals surface area contributed by atoms with Gasteiger partial charge in [-0.3, -0.25) is 15.2 Å². The minimum atomic E-state index is -0.287. The molecule has 0 aliphatic rings. The molecule has 3 heterocycles. The van der Waals surface area contributed by atoms with Crippen molar-refractivity contribution < 1.29 is 9.21 Å². The molecule has 0 aliphatic heterocycles. The van der Waals surface area contributed by atoms with Crippen molar-refractivity contribution in [2.24, 2.45) is 0 Å². The molecule has 118 valence electrons. The van der Waals surface area contributed by atoms with Gasteiger partial charge in [0.2, 0.25) is 0 Å². The molecule has 0 fully saturated rings. The van der Waals surface area contributed by atoms with E-state index in [-0.39, 0.29) is 5.91 Å². The maximum atomic E-state index is 12.3. The van der Waals surface area contributed by atoms with Gasteiger partial charge in [0.15, 0.2) is 10.9 Å². The third-order valence-electron chi connectivity index (χ3n) is 3.39. The summed E-state index contributed by atoms with van der Waals surface area (Å²) < 4.78 is 5.29. The number of benzene rings is 1. The van der Waals surface area contributed by atoms with Crippen molar-refractivity contribution in [3.8, 4) is 22.7 Å². The van der Waals surface area contributed by atoms with Crippen molar-refractivity contribution in [3.63, 3.8) is 0 Å². The van der Waals surface area contributed by atoms with Crippen LogP contribution in [-0.2, 0) is 0 Å². The topological polar surface area (TPSA) is 83.8 Å². The molecule has 1 aromatic carbocycles. The summed E-state index contributed by atoms with van der Waals surface area (Å²) in [4.78, 5) is 16.7. The van der Waals surface area contributed by atoms with E-state index in [4.69, 9.17) is 4.42 Å². The maximum absolute atomic E-state index is 12.3. The number of nitrogens with zero attached hydrogens (tertiary/aromatic N) is 2. The quantitative estimate of drug-likeness (QED) is 0.589. The molecule has 24 heavy (non-hydrogen) atoms. The summed E-state index contributed by atoms with van der Waals surface area (Å²) in [5.74, 6) is 0.379. The summed E-state index contributed by atoms with van der Waals surface area (Å²) in [5, 5.41) is 12.0. The van der Waals surface area contributed by atoms with Crippen LogP contribution in [0.2, 0.25) is 0 Å². The molecule has 7 heteroatoms. The highest BCUT2D eigenvalue weighted by Gasteiger charge is 2.14. The van der Waals surface area contributed by atoms with Crippen LogP contribution < -0.4 is 5.32 Å². The number of nitrogens with one attached hydrogen (secondary N) is 2. The van der Waals surface area contributed by atoms with Crippen LogP contribution in [0.5, 0.6) is 0 Å². The number of hydrogen-bond donors (Lipinski definition) is 2. The Kier molecular flexibility index (Phi) is 3.68. The van der Waals surface area contributed by atoms with E-state index in [2.05, 4.69) is 20.5 Å². The summed E-state index contributed by atoms with van der Waals surface area (Å²) in [5.41, 5.74) is 2.73. The van der Waals surface area contributed by atoms with Crippen LogP contribution in [0.3, 0.4) is 0 Å². The van der Waals surface area contributed by atoms with E-state index in [1.807, 2.05) is 41.8 Å². The Labute approximate surface area is 141 Å². The molecule has 0 saturated carbocycles. The van der Waals surface area contributed by atoms with E-state index in [1.165, 1.54) is 11.3 Å². The van der Waals surface area contributed by atoms with E-state index >= 15 is 0 Å². The molecule has 0 spiro atoms. The van der Waals surface area contributed by atoms with Crippen molar-refractivity contribution in [1.82, 2.24) is 15.2 Å². The molecule has 1 amide bonds. The summed E-state index contributed by atoms with van der Waals surface area (Å²) in [6.07, 6.45) is 1.59. The number of amides is 1. The number of carbonyl (C=O) groups excluding carboxylic acids is 1. The van der Waals surface area contributed by atoms with E-state index in [0.29, 0.717) is 22.3 Å². The number of aromatic amines is 1. The van der Waals surface area contributed by atoms with Gasteiger partial charge in [-0.05, 0) is 18.2 Å². The van der Waals surface area contributed by atoms with E-state index in [9.17, 15) is 4.79 Å². The van der Waals surface area contributed by atoms with Gasteiger partial charge in [-0.25, -0.2) is 4.98 Å². The normalized spacial score (nSPS) is 10.7. The molecule has 3 aromatic heterocycles. The van der Waals surface area contributed by atoms with Gasteiger partial charge in [0.1, 0.15) is 11.4 Å². The largest absolute Gasteiger partial charge is 0.463 e. The highest BCUT2D eigenvalue weighted by molar-refractivity contribution is 7.14. The molecule has 4 rings (SSSR count). The second-order valence-corrected chi connectivity index (χ2v) is 5.86. The van der Waals surface area contributed by atoms with Gasteiger partial charge in [-0.1, -0.05) is 30.3 Å². The Bertz CT molecular complexity index is 958. The second kappa shape index (κ2) is 6.13. The zero-order valence-electron chi connectivity index (χ0n) is 12.4. The predicted molar refractivity (Wildman–Crippen MR) is 91.8 cm³/mol. The third kappa shape index (κ3) is 2.84. The van der Waals surface area contributed by atoms with E-state index < -0.39 is 0 Å². The number of rotatable bonds is 4. The fourth-order valence-electron chi connectivity index (χ4n) is 2.23. The van der Waals surface area contributed by atoms with Crippen LogP contribution in [0.25, 0.3) is 22.7 Å². The van der Waals surface area contributed by atoms with Gasteiger partial charge < -0.3 is 4.42 Å². The summed E-state index contributed by atoms with van der Waals surface area (Å²) in [6, 6.07) is 15.0. The van der Waals surface area contributed by atoms with Gasteiger partial charge >= 0.3 is 0 Å². The molecule has 4 aromatic rings. The fourth-order valence-corrected chi connectivity index (χ4v) is 2.92. The van der Waals surface area contributed by atoms with Gasteiger partial charge in [-0.15, -0.1) is 11.3 Å². The standard InChI is InChI=1S/C17H12N4O2S/c22-16(13-9-12(20-21-13)11-5-2-1-3-6-11)19-17-18-14(10-24-17)15-7-4-8-23-15/h1-10H,(H,20,21)(H,18,19,22). The molecule has 0 unspecified atom stereocenters. The van der Waals surface area contributed by atoms with Crippen molar-refractivity contribution in [2.75, 3.05) is 5.32 Å². The minimum absolute atomic E-state index is 0.287. The molecule has 0 aliphatic carbocycles. The molecule has 2 N–H and O–H groups in total. The monoisotopic (exact) mass is 336 g/mol. The Morgan fingerprint density at radius 2 is 2.00 bits per heavy atom. The predicted octanol–water partition coefficient (Wildman–Crippen LogP) is 4.05. The molecule has 0 radical (unpaired) electrons. The Balaban J connectivity index is 1.50. The number of anilines is 1. The SMILES string of the molecule is O=C(Nc1nc(-c2ccco2)cs1)c1cc(-c2ccccc2)n[nH]1. The maximum Gasteiger partial charge on any atom is 0.275 e. The Hall–Kier alpha value is -3.19. The van der Waals surface area contributed by atoms with E-state index in [0.717, 1.165) is 11.3 Å². The first-order valence-corrected chi connectivity index (χ1v) is 8.09. The zero-order chi connectivity index (χ0) is 16.4. The van der Waals surface area contributed by atoms with Crippen LogP contribution in [-0.4, -0.2) is 21.1 Å². The molecular formula is C17H12N4O2S. The number of aromatic nitrogens is 3. The number of thiazole rings is 1. The van der Waals surface area contributed by atoms with Crippen LogP contribution in [0.15, 0.2) is 64.6 Å². The van der Waals surface area contributed by atoms with Gasteiger partial charge in [0, 0.05) is 10.9 Å². The fraction of sp³-hybridized carbons (Fsp3) is 0. The van der Waals surface area contributed by atoms with Crippen molar-refractivity contribution in [3.05, 3.63) is 65.9 Å². The lowest BCUT2D eigenvalue weighted by molar-refractivity contribution is 0.102. The minimum Gasteiger partial charge on any atom is -0.463 e. The molecule has 0 saturated heterocycles. The lowest BCUT2D eigenvalue weighted by atomic mass is 10.1. The zero-order valence-corrected chi connectivity index (χ0v) is 13.2. The molecular weight excluding hydrogens is 324 g/mol. The second-order valence-electron chi connectivity index (χ2n) is 5.00. The van der Waals surface area contributed by atoms with Crippen LogP contribution >= 0.6 is 11.3 Å². The van der Waals surface area contributed by atoms with Crippen LogP contribution in [0, 0.1) is 0 Å². The van der Waals surface area contributed by atoms with Gasteiger partial charge in [0.05, 0.1) is 12.0 Å². The number of hydrogen-bond acceptors (Lipinski definition) is 5. The lowest BCUT2D eigenvalue weighted by Gasteiger charge is -1.97. The van der Waals surface area contributed by atoms with Crippen molar-refractivity contribution in [1.29, 1.82) is 0 Å². The third-order valence-corrected chi connectivity index (χ3v) is 4.15. The van der Waals surface area contributed by atoms with Gasteiger partial charge in [0.25, 0.3) is 5.91 Å². The first-order valence-electron chi connectivity index (χ1n) is 7.21. The molecule has 0 bridgehead atoms. The highest BCUT2D eigenvalue weighted by Crippen LogP contribution is 2.25. The number of furan rings is 1. The first-order chi connectivity index (χ1) is 11.8. The lowest BCUT2D eigenvalue weighted by Crippen LogP contribution is -2.12. The average molecular weight is 336 g/mol.